The van der Waals surface area contributed by atoms with Crippen LogP contribution in [0.2, 0.25) is 0 Å². The van der Waals surface area contributed by atoms with Gasteiger partial charge in [0, 0.05) is 26.2 Å². The Morgan fingerprint density at radius 1 is 1.19 bits per heavy atom. The number of piperidine rings is 1. The number of morpholine rings is 1. The number of ether oxygens (including phenoxy) is 2. The normalized spacial score (nSPS) is 26.3. The van der Waals surface area contributed by atoms with Gasteiger partial charge in [0.2, 0.25) is 5.91 Å². The maximum atomic E-state index is 12.3. The predicted molar refractivity (Wildman–Crippen MR) is 100 cm³/mol. The minimum absolute atomic E-state index is 0.154. The van der Waals surface area contributed by atoms with E-state index in [2.05, 4.69) is 28.9 Å². The topological polar surface area (TPSA) is 42.0 Å². The molecule has 0 bridgehead atoms. The van der Waals surface area contributed by atoms with Gasteiger partial charge in [-0.1, -0.05) is 12.1 Å². The Morgan fingerprint density at radius 3 is 2.50 bits per heavy atom. The number of methoxy groups -OCH3 is 1. The van der Waals surface area contributed by atoms with Crippen LogP contribution in [0.3, 0.4) is 0 Å². The summed E-state index contributed by atoms with van der Waals surface area (Å²) < 4.78 is 11.4. The van der Waals surface area contributed by atoms with Crippen molar-refractivity contribution in [3.63, 3.8) is 0 Å². The van der Waals surface area contributed by atoms with E-state index in [-0.39, 0.29) is 24.2 Å². The third kappa shape index (κ3) is 3.60. The van der Waals surface area contributed by atoms with E-state index in [4.69, 9.17) is 9.47 Å². The number of carbonyl (C=O) groups excluding carboxylic acids is 1. The lowest BCUT2D eigenvalue weighted by molar-refractivity contribution is -0.187. The zero-order chi connectivity index (χ0) is 18.1. The van der Waals surface area contributed by atoms with Gasteiger partial charge in [-0.15, -0.1) is 0 Å². The van der Waals surface area contributed by atoms with Gasteiger partial charge in [0.05, 0.1) is 18.8 Å². The fourth-order valence-electron chi connectivity index (χ4n) is 4.39. The van der Waals surface area contributed by atoms with Crippen LogP contribution in [0.4, 0.5) is 0 Å². The molecule has 2 aliphatic heterocycles. The molecule has 1 saturated carbocycles. The molecule has 0 N–H and O–H groups in total. The molecule has 142 valence electrons. The third-order valence-electron chi connectivity index (χ3n) is 6.45. The van der Waals surface area contributed by atoms with Gasteiger partial charge in [-0.05, 0) is 56.2 Å². The minimum atomic E-state index is -0.154. The highest BCUT2D eigenvalue weighted by molar-refractivity contribution is 5.78. The molecule has 1 aromatic rings. The summed E-state index contributed by atoms with van der Waals surface area (Å²) in [5, 5.41) is 0. The first-order valence-corrected chi connectivity index (χ1v) is 9.88. The molecule has 0 unspecified atom stereocenters. The van der Waals surface area contributed by atoms with Crippen LogP contribution in [0.5, 0.6) is 5.75 Å². The van der Waals surface area contributed by atoms with Crippen molar-refractivity contribution >= 4 is 5.91 Å². The predicted octanol–water partition coefficient (Wildman–Crippen LogP) is 2.69. The summed E-state index contributed by atoms with van der Waals surface area (Å²) >= 11 is 0. The molecule has 0 radical (unpaired) electrons. The van der Waals surface area contributed by atoms with Crippen molar-refractivity contribution in [2.24, 2.45) is 5.92 Å². The second-order valence-electron chi connectivity index (χ2n) is 8.14. The van der Waals surface area contributed by atoms with Gasteiger partial charge in [-0.2, -0.15) is 0 Å². The van der Waals surface area contributed by atoms with Gasteiger partial charge in [-0.3, -0.25) is 9.69 Å². The lowest BCUT2D eigenvalue weighted by Crippen LogP contribution is -2.64. The van der Waals surface area contributed by atoms with Crippen LogP contribution in [-0.4, -0.2) is 60.7 Å². The maximum absolute atomic E-state index is 12.3. The summed E-state index contributed by atoms with van der Waals surface area (Å²) in [6.07, 6.45) is 4.55. The molecule has 5 nitrogen and oxygen atoms in total. The molecule has 3 aliphatic rings. The van der Waals surface area contributed by atoms with Crippen molar-refractivity contribution in [2.45, 2.75) is 50.8 Å². The van der Waals surface area contributed by atoms with Gasteiger partial charge < -0.3 is 14.4 Å². The molecule has 1 atom stereocenters. The lowest BCUT2D eigenvalue weighted by Gasteiger charge is -2.51. The molecule has 5 heteroatoms. The molecule has 2 heterocycles. The first-order chi connectivity index (χ1) is 12.6. The van der Waals surface area contributed by atoms with Crippen LogP contribution in [-0.2, 0) is 16.1 Å². The van der Waals surface area contributed by atoms with E-state index < -0.39 is 0 Å². The molecule has 1 aliphatic carbocycles. The van der Waals surface area contributed by atoms with Gasteiger partial charge in [0.15, 0.2) is 0 Å². The highest BCUT2D eigenvalue weighted by Gasteiger charge is 2.48. The van der Waals surface area contributed by atoms with Crippen molar-refractivity contribution in [1.29, 1.82) is 0 Å². The van der Waals surface area contributed by atoms with Crippen LogP contribution >= 0.6 is 0 Å². The number of hydrogen-bond donors (Lipinski definition) is 0. The third-order valence-corrected chi connectivity index (χ3v) is 6.45. The van der Waals surface area contributed by atoms with Crippen molar-refractivity contribution in [3.8, 4) is 5.75 Å². The summed E-state index contributed by atoms with van der Waals surface area (Å²) in [6, 6.07) is 8.51. The molecular weight excluding hydrogens is 328 g/mol. The van der Waals surface area contributed by atoms with Gasteiger partial charge in [-0.25, -0.2) is 0 Å². The molecule has 2 saturated heterocycles. The Kier molecular flexibility index (Phi) is 4.93. The van der Waals surface area contributed by atoms with E-state index in [0.717, 1.165) is 50.7 Å². The number of likely N-dealkylation sites (tertiary alicyclic amines) is 1. The van der Waals surface area contributed by atoms with Gasteiger partial charge in [0.1, 0.15) is 12.4 Å². The van der Waals surface area contributed by atoms with Crippen molar-refractivity contribution < 1.29 is 14.3 Å². The van der Waals surface area contributed by atoms with Gasteiger partial charge >= 0.3 is 0 Å². The number of nitrogens with zero attached hydrogens (tertiary/aromatic N) is 2. The number of rotatable bonds is 5. The van der Waals surface area contributed by atoms with Crippen molar-refractivity contribution in [3.05, 3.63) is 29.8 Å². The second kappa shape index (κ2) is 7.20. The van der Waals surface area contributed by atoms with E-state index in [1.165, 1.54) is 18.4 Å². The Labute approximate surface area is 156 Å². The fraction of sp³-hybridized carbons (Fsp3) is 0.667. The number of benzene rings is 1. The number of hydrogen-bond acceptors (Lipinski definition) is 4. The zero-order valence-corrected chi connectivity index (χ0v) is 15.9. The molecule has 26 heavy (non-hydrogen) atoms. The van der Waals surface area contributed by atoms with Crippen LogP contribution in [0, 0.1) is 5.92 Å². The Bertz CT molecular complexity index is 633. The minimum Gasteiger partial charge on any atom is -0.497 e. The van der Waals surface area contributed by atoms with E-state index in [1.807, 2.05) is 12.1 Å². The number of amides is 1. The smallest absolute Gasteiger partial charge is 0.248 e. The first-order valence-electron chi connectivity index (χ1n) is 9.88. The largest absolute Gasteiger partial charge is 0.497 e. The Morgan fingerprint density at radius 2 is 1.88 bits per heavy atom. The van der Waals surface area contributed by atoms with Crippen molar-refractivity contribution in [2.75, 3.05) is 33.4 Å². The van der Waals surface area contributed by atoms with Crippen LogP contribution in [0.15, 0.2) is 24.3 Å². The first kappa shape index (κ1) is 17.8. The molecule has 1 aromatic carbocycles. The quantitative estimate of drug-likeness (QED) is 0.812. The van der Waals surface area contributed by atoms with E-state index in [9.17, 15) is 4.79 Å². The van der Waals surface area contributed by atoms with Crippen LogP contribution in [0.1, 0.15) is 38.2 Å². The summed E-state index contributed by atoms with van der Waals surface area (Å²) in [5.74, 6) is 1.80. The SMILES string of the molecule is COc1ccc(CN2CCC3(CC2)OCC(=O)N(CC2CC2)[C@H]3C)cc1. The van der Waals surface area contributed by atoms with E-state index in [0.29, 0.717) is 0 Å². The highest BCUT2D eigenvalue weighted by atomic mass is 16.5. The van der Waals surface area contributed by atoms with Crippen LogP contribution in [0.25, 0.3) is 0 Å². The van der Waals surface area contributed by atoms with E-state index >= 15 is 0 Å². The lowest BCUT2D eigenvalue weighted by atomic mass is 9.82. The second-order valence-corrected chi connectivity index (χ2v) is 8.14. The average Bonchev–Trinajstić information content (AvgIpc) is 3.49. The molecule has 0 aromatic heterocycles. The highest BCUT2D eigenvalue weighted by Crippen LogP contribution is 2.38. The van der Waals surface area contributed by atoms with Crippen LogP contribution < -0.4 is 4.74 Å². The average molecular weight is 358 g/mol. The monoisotopic (exact) mass is 358 g/mol. The molecule has 1 spiro atoms. The number of carbonyl (C=O) groups is 1. The van der Waals surface area contributed by atoms with E-state index in [1.54, 1.807) is 7.11 Å². The Hall–Kier alpha value is -1.59. The summed E-state index contributed by atoms with van der Waals surface area (Å²) in [7, 11) is 1.70. The summed E-state index contributed by atoms with van der Waals surface area (Å²) in [4.78, 5) is 16.9. The molecule has 1 amide bonds. The summed E-state index contributed by atoms with van der Waals surface area (Å²) in [6.45, 7) is 6.37. The molecule has 3 fully saturated rings. The zero-order valence-electron chi connectivity index (χ0n) is 15.9. The molecular formula is C21H30N2O3. The fourth-order valence-corrected chi connectivity index (χ4v) is 4.39. The van der Waals surface area contributed by atoms with Crippen molar-refractivity contribution in [1.82, 2.24) is 9.80 Å². The standard InChI is InChI=1S/C21H30N2O3/c1-16-21(26-15-20(24)23(16)14-18-3-4-18)9-11-22(12-10-21)13-17-5-7-19(25-2)8-6-17/h5-8,16,18H,3-4,9-15H2,1-2H3/t16-/m0/s1. The molecule has 4 rings (SSSR count). The summed E-state index contributed by atoms with van der Waals surface area (Å²) in [5.41, 5.74) is 1.16. The Balaban J connectivity index is 1.36. The maximum Gasteiger partial charge on any atom is 0.248 e. The van der Waals surface area contributed by atoms with Gasteiger partial charge in [0.25, 0.3) is 0 Å².